The number of ketones is 1. The molecule has 0 radical (unpaired) electrons. The molecule has 28 heavy (non-hydrogen) atoms. The smallest absolute Gasteiger partial charge is 0.187 e. The summed E-state index contributed by atoms with van der Waals surface area (Å²) in [5.74, 6) is 1.24. The van der Waals surface area contributed by atoms with Gasteiger partial charge in [0, 0.05) is 23.5 Å². The van der Waals surface area contributed by atoms with Gasteiger partial charge in [-0.1, -0.05) is 68.4 Å². The number of hydrogen-bond donors (Lipinski definition) is 1. The first-order valence-electron chi connectivity index (χ1n) is 9.46. The van der Waals surface area contributed by atoms with E-state index >= 15 is 0 Å². The van der Waals surface area contributed by atoms with Crippen LogP contribution in [0.2, 0.25) is 0 Å². The van der Waals surface area contributed by atoms with Crippen LogP contribution in [0.4, 0.5) is 5.69 Å². The molecule has 3 nitrogen and oxygen atoms in total. The maximum Gasteiger partial charge on any atom is 0.187 e. The molecule has 3 heteroatoms. The molecule has 0 atom stereocenters. The number of carbonyl (C=O) groups is 1. The standard InChI is InChI=1S/C25H25NO2/c1-19(2)21-8-10-22(11-9-21)25(27)16-17-26-23-12-14-24(15-13-23)28-18-20-6-4-3-5-7-20/h3-17,19,26H,18H2,1-2H3. The van der Waals surface area contributed by atoms with Crippen molar-refractivity contribution in [3.8, 4) is 5.75 Å². The minimum Gasteiger partial charge on any atom is -0.489 e. The predicted molar refractivity (Wildman–Crippen MR) is 115 cm³/mol. The Bertz CT molecular complexity index is 911. The van der Waals surface area contributed by atoms with Gasteiger partial charge in [-0.25, -0.2) is 0 Å². The molecule has 0 saturated heterocycles. The van der Waals surface area contributed by atoms with Crippen molar-refractivity contribution in [2.24, 2.45) is 0 Å². The highest BCUT2D eigenvalue weighted by atomic mass is 16.5. The van der Waals surface area contributed by atoms with Crippen LogP contribution in [0.5, 0.6) is 5.75 Å². The van der Waals surface area contributed by atoms with Gasteiger partial charge in [0.1, 0.15) is 12.4 Å². The number of carbonyl (C=O) groups excluding carboxylic acids is 1. The van der Waals surface area contributed by atoms with Gasteiger partial charge in [-0.05, 0) is 41.3 Å². The summed E-state index contributed by atoms with van der Waals surface area (Å²) in [5.41, 5.74) is 3.94. The van der Waals surface area contributed by atoms with Gasteiger partial charge in [0.05, 0.1) is 0 Å². The number of rotatable bonds is 8. The summed E-state index contributed by atoms with van der Waals surface area (Å²) in [5, 5.41) is 3.12. The van der Waals surface area contributed by atoms with Crippen LogP contribution in [-0.4, -0.2) is 5.78 Å². The second-order valence-corrected chi connectivity index (χ2v) is 6.92. The number of benzene rings is 3. The summed E-state index contributed by atoms with van der Waals surface area (Å²) in [6, 6.07) is 25.5. The summed E-state index contributed by atoms with van der Waals surface area (Å²) in [4.78, 5) is 12.2. The summed E-state index contributed by atoms with van der Waals surface area (Å²) in [6.45, 7) is 4.81. The van der Waals surface area contributed by atoms with E-state index in [0.29, 0.717) is 18.1 Å². The first-order valence-corrected chi connectivity index (χ1v) is 9.46. The fraction of sp³-hybridized carbons (Fsp3) is 0.160. The fourth-order valence-corrected chi connectivity index (χ4v) is 2.73. The predicted octanol–water partition coefficient (Wildman–Crippen LogP) is 6.20. The van der Waals surface area contributed by atoms with Gasteiger partial charge in [-0.2, -0.15) is 0 Å². The quantitative estimate of drug-likeness (QED) is 0.378. The monoisotopic (exact) mass is 371 g/mol. The molecule has 0 unspecified atom stereocenters. The summed E-state index contributed by atoms with van der Waals surface area (Å²) < 4.78 is 5.77. The second-order valence-electron chi connectivity index (χ2n) is 6.92. The van der Waals surface area contributed by atoms with E-state index in [9.17, 15) is 4.79 Å². The molecule has 0 amide bonds. The Morgan fingerprint density at radius 2 is 1.61 bits per heavy atom. The van der Waals surface area contributed by atoms with E-state index in [1.165, 1.54) is 5.56 Å². The molecule has 0 bridgehead atoms. The van der Waals surface area contributed by atoms with Gasteiger partial charge >= 0.3 is 0 Å². The largest absolute Gasteiger partial charge is 0.489 e. The van der Waals surface area contributed by atoms with Crippen molar-refractivity contribution in [2.75, 3.05) is 5.32 Å². The van der Waals surface area contributed by atoms with Crippen LogP contribution in [-0.2, 0) is 6.61 Å². The minimum absolute atomic E-state index is 0.0226. The highest BCUT2D eigenvalue weighted by Crippen LogP contribution is 2.18. The average Bonchev–Trinajstić information content (AvgIpc) is 2.74. The van der Waals surface area contributed by atoms with E-state index < -0.39 is 0 Å². The number of ether oxygens (including phenoxy) is 1. The van der Waals surface area contributed by atoms with Gasteiger partial charge < -0.3 is 10.1 Å². The number of anilines is 1. The third-order valence-corrected chi connectivity index (χ3v) is 4.45. The Balaban J connectivity index is 1.50. The van der Waals surface area contributed by atoms with Crippen LogP contribution < -0.4 is 10.1 Å². The first-order chi connectivity index (χ1) is 13.6. The SMILES string of the molecule is CC(C)c1ccc(C(=O)C=CNc2ccc(OCc3ccccc3)cc2)cc1. The first kappa shape index (κ1) is 19.4. The number of nitrogens with one attached hydrogen (secondary N) is 1. The van der Waals surface area contributed by atoms with Crippen molar-refractivity contribution in [2.45, 2.75) is 26.4 Å². The zero-order valence-corrected chi connectivity index (χ0v) is 16.3. The third kappa shape index (κ3) is 5.58. The molecular weight excluding hydrogens is 346 g/mol. The highest BCUT2D eigenvalue weighted by Gasteiger charge is 2.03. The Kier molecular flexibility index (Phi) is 6.64. The molecule has 0 fully saturated rings. The molecule has 0 saturated carbocycles. The Labute approximate surface area is 166 Å². The lowest BCUT2D eigenvalue weighted by atomic mass is 10.0. The molecule has 0 aliphatic heterocycles. The molecule has 3 aromatic carbocycles. The molecule has 142 valence electrons. The number of allylic oxidation sites excluding steroid dienone is 1. The summed E-state index contributed by atoms with van der Waals surface area (Å²) >= 11 is 0. The zero-order chi connectivity index (χ0) is 19.8. The van der Waals surface area contributed by atoms with Crippen LogP contribution in [0.3, 0.4) is 0 Å². The zero-order valence-electron chi connectivity index (χ0n) is 16.3. The molecule has 3 aromatic rings. The van der Waals surface area contributed by atoms with Crippen molar-refractivity contribution in [3.05, 3.63) is 108 Å². The Morgan fingerprint density at radius 3 is 2.25 bits per heavy atom. The fourth-order valence-electron chi connectivity index (χ4n) is 2.73. The van der Waals surface area contributed by atoms with E-state index in [4.69, 9.17) is 4.74 Å². The lowest BCUT2D eigenvalue weighted by molar-refractivity contribution is 0.104. The maximum atomic E-state index is 12.2. The van der Waals surface area contributed by atoms with E-state index in [2.05, 4.69) is 19.2 Å². The molecule has 1 N–H and O–H groups in total. The van der Waals surface area contributed by atoms with E-state index in [0.717, 1.165) is 17.0 Å². The van der Waals surface area contributed by atoms with Crippen molar-refractivity contribution in [1.29, 1.82) is 0 Å². The van der Waals surface area contributed by atoms with E-state index in [-0.39, 0.29) is 5.78 Å². The lowest BCUT2D eigenvalue weighted by Gasteiger charge is -2.07. The molecule has 0 aromatic heterocycles. The summed E-state index contributed by atoms with van der Waals surface area (Å²) in [6.07, 6.45) is 3.21. The van der Waals surface area contributed by atoms with Gasteiger partial charge in [0.2, 0.25) is 0 Å². The molecular formula is C25H25NO2. The molecule has 3 rings (SSSR count). The van der Waals surface area contributed by atoms with E-state index in [1.807, 2.05) is 78.9 Å². The molecule has 0 aliphatic rings. The second kappa shape index (κ2) is 9.56. The van der Waals surface area contributed by atoms with Crippen LogP contribution >= 0.6 is 0 Å². The van der Waals surface area contributed by atoms with Gasteiger partial charge in [0.15, 0.2) is 5.78 Å². The topological polar surface area (TPSA) is 38.3 Å². The van der Waals surface area contributed by atoms with Gasteiger partial charge in [0.25, 0.3) is 0 Å². The Hall–Kier alpha value is -3.33. The van der Waals surface area contributed by atoms with Crippen molar-refractivity contribution in [1.82, 2.24) is 0 Å². The number of hydrogen-bond acceptors (Lipinski definition) is 3. The van der Waals surface area contributed by atoms with Gasteiger partial charge in [-0.15, -0.1) is 0 Å². The third-order valence-electron chi connectivity index (χ3n) is 4.45. The average molecular weight is 371 g/mol. The van der Waals surface area contributed by atoms with Crippen molar-refractivity contribution >= 4 is 11.5 Å². The normalized spacial score (nSPS) is 11.0. The van der Waals surface area contributed by atoms with Crippen molar-refractivity contribution in [3.63, 3.8) is 0 Å². The molecule has 0 heterocycles. The van der Waals surface area contributed by atoms with Crippen LogP contribution in [0.15, 0.2) is 91.1 Å². The molecule has 0 spiro atoms. The Morgan fingerprint density at radius 1 is 0.929 bits per heavy atom. The van der Waals surface area contributed by atoms with Gasteiger partial charge in [-0.3, -0.25) is 4.79 Å². The van der Waals surface area contributed by atoms with Crippen LogP contribution in [0.25, 0.3) is 0 Å². The van der Waals surface area contributed by atoms with E-state index in [1.54, 1.807) is 12.3 Å². The molecule has 0 aliphatic carbocycles. The minimum atomic E-state index is -0.0226. The van der Waals surface area contributed by atoms with Crippen molar-refractivity contribution < 1.29 is 9.53 Å². The lowest BCUT2D eigenvalue weighted by Crippen LogP contribution is -1.98. The maximum absolute atomic E-state index is 12.2. The summed E-state index contributed by atoms with van der Waals surface area (Å²) in [7, 11) is 0. The highest BCUT2D eigenvalue weighted by molar-refractivity contribution is 6.04. The van der Waals surface area contributed by atoms with Crippen LogP contribution in [0.1, 0.15) is 41.3 Å². The van der Waals surface area contributed by atoms with Crippen LogP contribution in [0, 0.1) is 0 Å².